The Morgan fingerprint density at radius 1 is 1.35 bits per heavy atom. The maximum Gasteiger partial charge on any atom is 0.312 e. The fraction of sp³-hybridized carbons (Fsp3) is 0.571. The van der Waals surface area contributed by atoms with Crippen molar-refractivity contribution in [3.63, 3.8) is 0 Å². The lowest BCUT2D eigenvalue weighted by Crippen LogP contribution is -2.36. The molecule has 8 nitrogen and oxygen atoms in total. The van der Waals surface area contributed by atoms with Gasteiger partial charge in [0.15, 0.2) is 0 Å². The quantitative estimate of drug-likeness (QED) is 0.357. The van der Waals surface area contributed by atoms with Gasteiger partial charge in [0, 0.05) is 13.5 Å². The number of carbonyl (C=O) groups excluding carboxylic acids is 1. The van der Waals surface area contributed by atoms with Crippen molar-refractivity contribution < 1.29 is 14.1 Å². The molecular weight excluding hydrogens is 322 g/mol. The predicted molar refractivity (Wildman–Crippen MR) is 86.1 cm³/mol. The second kappa shape index (κ2) is 6.99. The minimum Gasteiger partial charge on any atom is -0.466 e. The summed E-state index contributed by atoms with van der Waals surface area (Å²) in [6.45, 7) is 2.68. The number of nitrogens with two attached hydrogens (primary N) is 1. The van der Waals surface area contributed by atoms with Crippen LogP contribution >= 0.6 is 11.6 Å². The van der Waals surface area contributed by atoms with E-state index in [1.165, 1.54) is 4.57 Å². The highest BCUT2D eigenvalue weighted by molar-refractivity contribution is 6.28. The van der Waals surface area contributed by atoms with Crippen LogP contribution < -0.4 is 15.9 Å². The molecule has 126 valence electrons. The molecule has 9 heteroatoms. The van der Waals surface area contributed by atoms with Gasteiger partial charge in [0.1, 0.15) is 0 Å². The molecule has 0 aliphatic rings. The summed E-state index contributed by atoms with van der Waals surface area (Å²) >= 11 is 6.31. The molecule has 2 N–H and O–H groups in total. The van der Waals surface area contributed by atoms with Crippen LogP contribution in [0.5, 0.6) is 0 Å². The van der Waals surface area contributed by atoms with Crippen LogP contribution in [0.25, 0.3) is 11.2 Å². The highest BCUT2D eigenvalue weighted by Gasteiger charge is 2.26. The Balaban J connectivity index is 2.20. The summed E-state index contributed by atoms with van der Waals surface area (Å²) in [7, 11) is 3.28. The number of imidazole rings is 1. The molecular formula is C14H21ClN5O3+. The van der Waals surface area contributed by atoms with Crippen LogP contribution in [0.4, 0.5) is 5.95 Å². The first-order chi connectivity index (χ1) is 10.9. The Morgan fingerprint density at radius 2 is 2.04 bits per heavy atom. The number of ether oxygens (including phenoxy) is 1. The van der Waals surface area contributed by atoms with E-state index in [-0.39, 0.29) is 17.5 Å². The van der Waals surface area contributed by atoms with Gasteiger partial charge in [-0.25, -0.2) is 9.13 Å². The monoisotopic (exact) mass is 342 g/mol. The molecule has 2 heterocycles. The Hall–Kier alpha value is -2.09. The van der Waals surface area contributed by atoms with Gasteiger partial charge in [0.2, 0.25) is 5.52 Å². The lowest BCUT2D eigenvalue weighted by molar-refractivity contribution is -0.672. The molecule has 0 radical (unpaired) electrons. The Bertz CT molecular complexity index is 796. The fourth-order valence-electron chi connectivity index (χ4n) is 2.30. The van der Waals surface area contributed by atoms with Crippen molar-refractivity contribution >= 4 is 34.7 Å². The van der Waals surface area contributed by atoms with Crippen LogP contribution in [-0.4, -0.2) is 26.7 Å². The van der Waals surface area contributed by atoms with Crippen LogP contribution in [0.15, 0.2) is 4.79 Å². The van der Waals surface area contributed by atoms with E-state index < -0.39 is 0 Å². The van der Waals surface area contributed by atoms with E-state index in [1.807, 2.05) is 0 Å². The standard InChI is InChI=1S/C14H20ClN5O3/c1-4-9(21)23-8-6-5-7-20-11-10(18(2)13(20)15)12(22)19(3)14(16)17-11/h4-8H2,1-3H3,(H-,16,17,22)/p+1. The molecule has 23 heavy (non-hydrogen) atoms. The number of nitrogens with zero attached hydrogens (tertiary/aromatic N) is 4. The molecule has 2 rings (SSSR count). The predicted octanol–water partition coefficient (Wildman–Crippen LogP) is 0.528. The molecule has 0 spiro atoms. The van der Waals surface area contributed by atoms with E-state index >= 15 is 0 Å². The highest BCUT2D eigenvalue weighted by atomic mass is 35.5. The van der Waals surface area contributed by atoms with Gasteiger partial charge in [-0.2, -0.15) is 0 Å². The summed E-state index contributed by atoms with van der Waals surface area (Å²) in [5, 5.41) is 0.403. The molecule has 0 bridgehead atoms. The first kappa shape index (κ1) is 17.3. The topological polar surface area (TPSA) is 96.0 Å². The number of hydrogen-bond donors (Lipinski definition) is 1. The number of esters is 1. The van der Waals surface area contributed by atoms with E-state index in [0.717, 1.165) is 6.42 Å². The summed E-state index contributed by atoms with van der Waals surface area (Å²) in [6, 6.07) is 0. The van der Waals surface area contributed by atoms with Gasteiger partial charge in [0.05, 0.1) is 20.2 Å². The van der Waals surface area contributed by atoms with Gasteiger partial charge < -0.3 is 10.5 Å². The molecule has 0 saturated carbocycles. The van der Waals surface area contributed by atoms with E-state index in [0.29, 0.717) is 42.4 Å². The lowest BCUT2D eigenvalue weighted by atomic mass is 10.3. The maximum atomic E-state index is 12.3. The summed E-state index contributed by atoms with van der Waals surface area (Å²) < 4.78 is 9.66. The molecule has 0 fully saturated rings. The minimum atomic E-state index is -0.243. The molecule has 0 aliphatic heterocycles. The first-order valence-corrected chi connectivity index (χ1v) is 7.82. The first-order valence-electron chi connectivity index (χ1n) is 7.44. The van der Waals surface area contributed by atoms with Gasteiger partial charge in [-0.05, 0) is 24.4 Å². The number of aromatic nitrogens is 4. The van der Waals surface area contributed by atoms with Gasteiger partial charge in [0.25, 0.3) is 5.95 Å². The molecule has 0 saturated heterocycles. The number of unbranched alkanes of at least 4 members (excludes halogenated alkanes) is 1. The van der Waals surface area contributed by atoms with Crippen LogP contribution in [0.1, 0.15) is 26.2 Å². The highest BCUT2D eigenvalue weighted by Crippen LogP contribution is 2.13. The molecule has 0 atom stereocenters. The van der Waals surface area contributed by atoms with Gasteiger partial charge >= 0.3 is 22.5 Å². The van der Waals surface area contributed by atoms with Gasteiger partial charge in [-0.3, -0.25) is 14.2 Å². The van der Waals surface area contributed by atoms with Crippen molar-refractivity contribution in [1.29, 1.82) is 0 Å². The van der Waals surface area contributed by atoms with Crippen LogP contribution in [-0.2, 0) is 30.2 Å². The van der Waals surface area contributed by atoms with E-state index in [9.17, 15) is 9.59 Å². The van der Waals surface area contributed by atoms with Crippen molar-refractivity contribution in [3.05, 3.63) is 15.6 Å². The maximum absolute atomic E-state index is 12.3. The third-order valence-electron chi connectivity index (χ3n) is 3.70. The minimum absolute atomic E-state index is 0.135. The van der Waals surface area contributed by atoms with Gasteiger partial charge in [-0.1, -0.05) is 11.9 Å². The van der Waals surface area contributed by atoms with Crippen LogP contribution in [0, 0.1) is 0 Å². The molecule has 0 amide bonds. The van der Waals surface area contributed by atoms with Crippen molar-refractivity contribution in [2.45, 2.75) is 32.7 Å². The zero-order valence-electron chi connectivity index (χ0n) is 13.5. The smallest absolute Gasteiger partial charge is 0.312 e. The molecule has 2 aromatic rings. The van der Waals surface area contributed by atoms with Crippen molar-refractivity contribution in [2.24, 2.45) is 14.1 Å². The van der Waals surface area contributed by atoms with Crippen molar-refractivity contribution in [1.82, 2.24) is 14.1 Å². The summed E-state index contributed by atoms with van der Waals surface area (Å²) in [6.07, 6.45) is 1.81. The summed E-state index contributed by atoms with van der Waals surface area (Å²) in [5.41, 5.74) is 6.39. The number of nitrogen functional groups attached to an aromatic ring is 1. The number of rotatable bonds is 6. The number of aryl methyl sites for hydroxylation is 2. The third kappa shape index (κ3) is 3.31. The van der Waals surface area contributed by atoms with E-state index in [2.05, 4.69) is 4.98 Å². The Labute approximate surface area is 138 Å². The summed E-state index contributed by atoms with van der Waals surface area (Å²) in [4.78, 5) is 27.7. The normalized spacial score (nSPS) is 11.1. The molecule has 0 aliphatic carbocycles. The number of fused-ring (bicyclic) bond motifs is 1. The largest absolute Gasteiger partial charge is 0.466 e. The van der Waals surface area contributed by atoms with E-state index in [1.54, 1.807) is 30.2 Å². The SMILES string of the molecule is CCC(=O)OCCCC[n+]1c(Cl)n(C)c2c(=O)n(C)c(N)nc21. The Kier molecular flexibility index (Phi) is 5.25. The average Bonchev–Trinajstić information content (AvgIpc) is 2.76. The zero-order valence-corrected chi connectivity index (χ0v) is 14.3. The number of halogens is 1. The van der Waals surface area contributed by atoms with Crippen LogP contribution in [0.2, 0.25) is 5.28 Å². The van der Waals surface area contributed by atoms with Gasteiger partial charge in [-0.15, -0.1) is 0 Å². The number of carbonyl (C=O) groups is 1. The number of anilines is 1. The Morgan fingerprint density at radius 3 is 2.70 bits per heavy atom. The average molecular weight is 343 g/mol. The second-order valence-corrected chi connectivity index (χ2v) is 5.61. The van der Waals surface area contributed by atoms with Crippen LogP contribution in [0.3, 0.4) is 0 Å². The van der Waals surface area contributed by atoms with Crippen molar-refractivity contribution in [2.75, 3.05) is 12.3 Å². The third-order valence-corrected chi connectivity index (χ3v) is 4.16. The van der Waals surface area contributed by atoms with Crippen molar-refractivity contribution in [3.8, 4) is 0 Å². The fourth-order valence-corrected chi connectivity index (χ4v) is 2.54. The molecule has 0 unspecified atom stereocenters. The summed E-state index contributed by atoms with van der Waals surface area (Å²) in [5.74, 6) is -0.0748. The second-order valence-electron chi connectivity index (χ2n) is 5.27. The molecule has 0 aromatic carbocycles. The number of hydrogen-bond acceptors (Lipinski definition) is 5. The lowest BCUT2D eigenvalue weighted by Gasteiger charge is -2.03. The molecule has 2 aromatic heterocycles. The van der Waals surface area contributed by atoms with E-state index in [4.69, 9.17) is 22.1 Å². The zero-order chi connectivity index (χ0) is 17.1.